The number of nitrogens with zero attached hydrogens (tertiary/aromatic N) is 2. The first-order valence-electron chi connectivity index (χ1n) is 12.1. The molecule has 0 spiro atoms. The van der Waals surface area contributed by atoms with Crippen LogP contribution in [0.25, 0.3) is 11.3 Å². The van der Waals surface area contributed by atoms with Crippen LogP contribution >= 0.6 is 0 Å². The molecule has 1 aliphatic rings. The molecule has 8 nitrogen and oxygen atoms in total. The van der Waals surface area contributed by atoms with Crippen LogP contribution in [0.3, 0.4) is 0 Å². The number of hydrogen-bond acceptors (Lipinski definition) is 6. The number of pyridine rings is 2. The first kappa shape index (κ1) is 27.1. The normalized spacial score (nSPS) is 21.1. The van der Waals surface area contributed by atoms with Crippen molar-refractivity contribution in [2.45, 2.75) is 38.6 Å². The first-order valence-corrected chi connectivity index (χ1v) is 12.1. The third-order valence-corrected chi connectivity index (χ3v) is 6.96. The highest BCUT2D eigenvalue weighted by atomic mass is 19.1. The number of nitrogens with two attached hydrogens (primary N) is 2. The second-order valence-corrected chi connectivity index (χ2v) is 9.65. The quantitative estimate of drug-likeness (QED) is 0.427. The van der Waals surface area contributed by atoms with Crippen molar-refractivity contribution in [1.82, 2.24) is 9.97 Å². The second-order valence-electron chi connectivity index (χ2n) is 9.65. The lowest BCUT2D eigenvalue weighted by molar-refractivity contribution is 0.0872. The van der Waals surface area contributed by atoms with Crippen molar-refractivity contribution in [2.75, 3.05) is 11.9 Å². The molecule has 2 amide bonds. The number of benzene rings is 1. The van der Waals surface area contributed by atoms with Crippen molar-refractivity contribution >= 4 is 17.7 Å². The summed E-state index contributed by atoms with van der Waals surface area (Å²) < 4.78 is 48.5. The molecule has 1 fully saturated rings. The largest absolute Gasteiger partial charge is 0.449 e. The van der Waals surface area contributed by atoms with Crippen LogP contribution in [0, 0.1) is 36.2 Å². The minimum atomic E-state index is -0.983. The van der Waals surface area contributed by atoms with E-state index in [-0.39, 0.29) is 36.1 Å². The number of amides is 2. The molecule has 2 heterocycles. The number of rotatable bonds is 6. The van der Waals surface area contributed by atoms with Crippen LogP contribution < -0.4 is 16.8 Å². The van der Waals surface area contributed by atoms with Gasteiger partial charge in [-0.2, -0.15) is 0 Å². The molecular formula is C27H28F3N5O3. The van der Waals surface area contributed by atoms with Gasteiger partial charge in [0, 0.05) is 18.2 Å². The summed E-state index contributed by atoms with van der Waals surface area (Å²) in [7, 11) is 0. The van der Waals surface area contributed by atoms with E-state index in [1.54, 1.807) is 12.3 Å². The van der Waals surface area contributed by atoms with Gasteiger partial charge in [-0.3, -0.25) is 9.78 Å². The van der Waals surface area contributed by atoms with Crippen LogP contribution in [0.2, 0.25) is 0 Å². The third-order valence-electron chi connectivity index (χ3n) is 6.96. The summed E-state index contributed by atoms with van der Waals surface area (Å²) >= 11 is 0. The molecule has 0 aliphatic heterocycles. The minimum absolute atomic E-state index is 0.0318. The maximum atomic E-state index is 14.5. The molecule has 5 N–H and O–H groups in total. The number of carbonyl (C=O) groups excluding carboxylic acids is 2. The number of aryl methyl sites for hydroxylation is 1. The number of anilines is 1. The summed E-state index contributed by atoms with van der Waals surface area (Å²) in [5.74, 6) is -3.63. The van der Waals surface area contributed by atoms with Gasteiger partial charge in [0.05, 0.1) is 24.1 Å². The molecule has 200 valence electrons. The van der Waals surface area contributed by atoms with E-state index in [1.165, 1.54) is 13.1 Å². The number of hydrogen-bond donors (Lipinski definition) is 3. The topological polar surface area (TPSA) is 133 Å². The summed E-state index contributed by atoms with van der Waals surface area (Å²) in [5, 5.41) is 2.74. The van der Waals surface area contributed by atoms with Crippen LogP contribution in [0.5, 0.6) is 0 Å². The summed E-state index contributed by atoms with van der Waals surface area (Å²) in [6.07, 6.45) is 3.50. The first-order chi connectivity index (χ1) is 18.0. The molecular weight excluding hydrogens is 499 g/mol. The maximum absolute atomic E-state index is 14.5. The zero-order valence-corrected chi connectivity index (χ0v) is 20.9. The van der Waals surface area contributed by atoms with Gasteiger partial charge in [-0.1, -0.05) is 6.92 Å². The molecule has 0 unspecified atom stereocenters. The highest BCUT2D eigenvalue weighted by Crippen LogP contribution is 2.41. The van der Waals surface area contributed by atoms with Gasteiger partial charge in [-0.15, -0.1) is 0 Å². The van der Waals surface area contributed by atoms with Gasteiger partial charge in [-0.25, -0.2) is 22.9 Å². The number of halogens is 3. The van der Waals surface area contributed by atoms with Crippen molar-refractivity contribution in [3.05, 3.63) is 77.0 Å². The van der Waals surface area contributed by atoms with E-state index in [0.717, 1.165) is 29.8 Å². The second kappa shape index (κ2) is 11.2. The van der Waals surface area contributed by atoms with Crippen molar-refractivity contribution < 1.29 is 27.5 Å². The zero-order valence-electron chi connectivity index (χ0n) is 20.9. The Bertz CT molecular complexity index is 1330. The van der Waals surface area contributed by atoms with Gasteiger partial charge < -0.3 is 21.5 Å². The van der Waals surface area contributed by atoms with Gasteiger partial charge in [0.2, 0.25) is 0 Å². The summed E-state index contributed by atoms with van der Waals surface area (Å²) in [6.45, 7) is 3.64. The van der Waals surface area contributed by atoms with E-state index in [9.17, 15) is 22.8 Å². The molecule has 4 atom stereocenters. The molecule has 1 aliphatic carbocycles. The van der Waals surface area contributed by atoms with E-state index >= 15 is 0 Å². The predicted octanol–water partition coefficient (Wildman–Crippen LogP) is 4.67. The SMILES string of the molecule is Cc1cc(F)c(-c2nc(C(=O)Nc3cnccc3[C@H]3C[C@@H](N)[C@@H](COC(N)=O)[C@@H](C)C3)ccc2F)c(F)c1. The maximum Gasteiger partial charge on any atom is 0.404 e. The van der Waals surface area contributed by atoms with E-state index in [0.29, 0.717) is 24.1 Å². The number of primary amides is 1. The Morgan fingerprint density at radius 2 is 1.82 bits per heavy atom. The van der Waals surface area contributed by atoms with Crippen LogP contribution in [-0.4, -0.2) is 34.6 Å². The standard InChI is InChI=1S/C27H28F3N5O3/c1-13-7-19(29)24(20(30)8-13)25-18(28)3-4-22(34-25)26(36)35-23-11-33-6-5-16(23)15-9-14(2)17(21(31)10-15)12-38-27(32)37/h3-8,11,14-15,17,21H,9-10,12,31H2,1-2H3,(H2,32,37)(H,35,36)/t14-,15+,17-,21+/m0/s1. The fourth-order valence-electron chi connectivity index (χ4n) is 5.09. The Morgan fingerprint density at radius 1 is 1.11 bits per heavy atom. The predicted molar refractivity (Wildman–Crippen MR) is 135 cm³/mol. The Labute approximate surface area is 217 Å². The molecule has 0 radical (unpaired) electrons. The summed E-state index contributed by atoms with van der Waals surface area (Å²) in [4.78, 5) is 32.2. The molecule has 1 aromatic carbocycles. The van der Waals surface area contributed by atoms with Gasteiger partial charge in [0.15, 0.2) is 0 Å². The molecule has 3 aromatic rings. The van der Waals surface area contributed by atoms with Gasteiger partial charge in [0.1, 0.15) is 28.8 Å². The Hall–Kier alpha value is -3.99. The molecule has 38 heavy (non-hydrogen) atoms. The van der Waals surface area contributed by atoms with Gasteiger partial charge >= 0.3 is 6.09 Å². The average Bonchev–Trinajstić information content (AvgIpc) is 2.84. The van der Waals surface area contributed by atoms with Crippen molar-refractivity contribution in [3.63, 3.8) is 0 Å². The van der Waals surface area contributed by atoms with Crippen LogP contribution in [-0.2, 0) is 4.74 Å². The molecule has 0 saturated heterocycles. The highest BCUT2D eigenvalue weighted by molar-refractivity contribution is 6.03. The Balaban J connectivity index is 1.57. The van der Waals surface area contributed by atoms with Crippen molar-refractivity contribution in [3.8, 4) is 11.3 Å². The van der Waals surface area contributed by atoms with Gasteiger partial charge in [-0.05, 0) is 73.1 Å². The van der Waals surface area contributed by atoms with E-state index < -0.39 is 40.7 Å². The molecule has 11 heteroatoms. The average molecular weight is 528 g/mol. The lowest BCUT2D eigenvalue weighted by Gasteiger charge is -2.39. The number of aromatic nitrogens is 2. The Morgan fingerprint density at radius 3 is 2.47 bits per heavy atom. The number of nitrogens with one attached hydrogen (secondary N) is 1. The smallest absolute Gasteiger partial charge is 0.404 e. The van der Waals surface area contributed by atoms with Crippen LogP contribution in [0.15, 0.2) is 42.7 Å². The lowest BCUT2D eigenvalue weighted by Crippen LogP contribution is -2.43. The molecule has 0 bridgehead atoms. The highest BCUT2D eigenvalue weighted by Gasteiger charge is 2.36. The summed E-state index contributed by atoms with van der Waals surface area (Å²) in [6, 6.07) is 5.70. The van der Waals surface area contributed by atoms with Crippen molar-refractivity contribution in [2.24, 2.45) is 23.3 Å². The fraction of sp³-hybridized carbons (Fsp3) is 0.333. The van der Waals surface area contributed by atoms with Crippen molar-refractivity contribution in [1.29, 1.82) is 0 Å². The van der Waals surface area contributed by atoms with Crippen LogP contribution in [0.4, 0.5) is 23.7 Å². The molecule has 4 rings (SSSR count). The minimum Gasteiger partial charge on any atom is -0.449 e. The van der Waals surface area contributed by atoms with E-state index in [4.69, 9.17) is 16.2 Å². The Kier molecular flexibility index (Phi) is 7.96. The van der Waals surface area contributed by atoms with E-state index in [2.05, 4.69) is 15.3 Å². The van der Waals surface area contributed by atoms with E-state index in [1.807, 2.05) is 6.92 Å². The number of carbonyl (C=O) groups is 2. The lowest BCUT2D eigenvalue weighted by atomic mass is 9.70. The van der Waals surface area contributed by atoms with Crippen LogP contribution in [0.1, 0.15) is 47.3 Å². The molecule has 2 aromatic heterocycles. The third kappa shape index (κ3) is 5.77. The monoisotopic (exact) mass is 527 g/mol. The summed E-state index contributed by atoms with van der Waals surface area (Å²) in [5.41, 5.74) is 11.5. The number of ether oxygens (including phenoxy) is 1. The fourth-order valence-corrected chi connectivity index (χ4v) is 5.09. The molecule has 1 saturated carbocycles. The van der Waals surface area contributed by atoms with Gasteiger partial charge in [0.25, 0.3) is 5.91 Å². The zero-order chi connectivity index (χ0) is 27.6.